The number of carbonyl (C=O) groups is 1. The van der Waals surface area contributed by atoms with Crippen molar-refractivity contribution in [1.82, 2.24) is 19.7 Å². The fraction of sp³-hybridized carbons (Fsp3) is 0.458. The number of benzene rings is 1. The van der Waals surface area contributed by atoms with E-state index < -0.39 is 0 Å². The summed E-state index contributed by atoms with van der Waals surface area (Å²) >= 11 is 0. The van der Waals surface area contributed by atoms with E-state index in [0.717, 1.165) is 78.4 Å². The van der Waals surface area contributed by atoms with Crippen LogP contribution in [0, 0.1) is 0 Å². The van der Waals surface area contributed by atoms with Crippen molar-refractivity contribution < 1.29 is 9.53 Å². The number of fused-ring (bicyclic) bond motifs is 3. The second kappa shape index (κ2) is 8.21. The van der Waals surface area contributed by atoms with Gasteiger partial charge in [-0.1, -0.05) is 30.3 Å². The molecule has 7 nitrogen and oxygen atoms in total. The summed E-state index contributed by atoms with van der Waals surface area (Å²) in [5.41, 5.74) is 4.63. The van der Waals surface area contributed by atoms with Crippen LogP contribution < -0.4 is 5.56 Å². The van der Waals surface area contributed by atoms with Crippen molar-refractivity contribution in [3.63, 3.8) is 0 Å². The monoisotopic (exact) mass is 420 g/mol. The Balaban J connectivity index is 1.50. The fourth-order valence-corrected chi connectivity index (χ4v) is 5.07. The first-order chi connectivity index (χ1) is 15.1. The first-order valence-electron chi connectivity index (χ1n) is 11.2. The summed E-state index contributed by atoms with van der Waals surface area (Å²) < 4.78 is 7.42. The van der Waals surface area contributed by atoms with Crippen molar-refractivity contribution in [2.45, 2.75) is 57.6 Å². The number of aromatic amines is 1. The van der Waals surface area contributed by atoms with Crippen molar-refractivity contribution in [3.05, 3.63) is 63.1 Å². The van der Waals surface area contributed by atoms with Crippen LogP contribution in [0.25, 0.3) is 11.0 Å². The quantitative estimate of drug-likeness (QED) is 0.694. The zero-order chi connectivity index (χ0) is 21.4. The number of likely N-dealkylation sites (tertiary alicyclic amines) is 1. The lowest BCUT2D eigenvalue weighted by molar-refractivity contribution is 0.0671. The molecule has 1 saturated heterocycles. The number of aromatic nitrogens is 3. The van der Waals surface area contributed by atoms with Crippen LogP contribution in [-0.2, 0) is 31.2 Å². The summed E-state index contributed by atoms with van der Waals surface area (Å²) in [6.07, 6.45) is 6.35. The van der Waals surface area contributed by atoms with Crippen molar-refractivity contribution in [2.75, 3.05) is 6.54 Å². The van der Waals surface area contributed by atoms with Gasteiger partial charge in [0.25, 0.3) is 5.56 Å². The van der Waals surface area contributed by atoms with E-state index >= 15 is 0 Å². The van der Waals surface area contributed by atoms with Crippen LogP contribution in [0.4, 0.5) is 4.79 Å². The standard InChI is InChI=1S/C24H28N4O3/c1-27-22-20(17-11-5-6-12-18(17)23(29)25-22)21(26-27)19-13-7-8-14-28(19)24(30)31-15-16-9-3-2-4-10-16/h2-4,9-10,19H,5-8,11-15H2,1H3,(H,25,29). The SMILES string of the molecule is Cn1nc(C2CCCCN2C(=O)OCc2ccccc2)c2c3c(c(=O)[nH]c21)CCCC3. The highest BCUT2D eigenvalue weighted by Gasteiger charge is 2.34. The smallest absolute Gasteiger partial charge is 0.410 e. The van der Waals surface area contributed by atoms with Gasteiger partial charge in [-0.3, -0.25) is 14.4 Å². The molecule has 31 heavy (non-hydrogen) atoms. The number of carbonyl (C=O) groups excluding carboxylic acids is 1. The molecule has 0 spiro atoms. The summed E-state index contributed by atoms with van der Waals surface area (Å²) in [5, 5.41) is 5.84. The van der Waals surface area contributed by atoms with E-state index in [4.69, 9.17) is 9.84 Å². The van der Waals surface area contributed by atoms with Gasteiger partial charge in [-0.2, -0.15) is 5.10 Å². The molecular formula is C24H28N4O3. The number of amides is 1. The van der Waals surface area contributed by atoms with E-state index in [1.165, 1.54) is 0 Å². The Labute approximate surface area is 181 Å². The number of rotatable bonds is 3. The van der Waals surface area contributed by atoms with Gasteiger partial charge in [-0.15, -0.1) is 0 Å². The molecule has 7 heteroatoms. The van der Waals surface area contributed by atoms with E-state index in [0.29, 0.717) is 6.54 Å². The van der Waals surface area contributed by atoms with Crippen molar-refractivity contribution in [2.24, 2.45) is 7.05 Å². The number of nitrogens with one attached hydrogen (secondary N) is 1. The van der Waals surface area contributed by atoms with E-state index in [-0.39, 0.29) is 24.3 Å². The summed E-state index contributed by atoms with van der Waals surface area (Å²) in [6, 6.07) is 9.60. The minimum absolute atomic E-state index is 0.000443. The largest absolute Gasteiger partial charge is 0.445 e. The van der Waals surface area contributed by atoms with Crippen LogP contribution >= 0.6 is 0 Å². The van der Waals surface area contributed by atoms with E-state index in [2.05, 4.69) is 4.98 Å². The maximum absolute atomic E-state index is 13.1. The average Bonchev–Trinajstić information content (AvgIpc) is 3.14. The molecule has 3 heterocycles. The maximum atomic E-state index is 13.1. The highest BCUT2D eigenvalue weighted by atomic mass is 16.6. The molecule has 0 saturated carbocycles. The Bertz CT molecular complexity index is 1170. The molecule has 0 bridgehead atoms. The predicted molar refractivity (Wildman–Crippen MR) is 118 cm³/mol. The van der Waals surface area contributed by atoms with Crippen LogP contribution in [0.15, 0.2) is 35.1 Å². The van der Waals surface area contributed by atoms with Crippen molar-refractivity contribution in [1.29, 1.82) is 0 Å². The van der Waals surface area contributed by atoms with Gasteiger partial charge in [0.15, 0.2) is 0 Å². The highest BCUT2D eigenvalue weighted by Crippen LogP contribution is 2.37. The number of H-pyrrole nitrogens is 1. The molecule has 1 unspecified atom stereocenters. The number of ether oxygens (including phenoxy) is 1. The zero-order valence-electron chi connectivity index (χ0n) is 17.9. The topological polar surface area (TPSA) is 80.2 Å². The molecule has 1 fully saturated rings. The predicted octanol–water partition coefficient (Wildman–Crippen LogP) is 4.00. The number of hydrogen-bond donors (Lipinski definition) is 1. The molecule has 162 valence electrons. The molecule has 1 aromatic carbocycles. The zero-order valence-corrected chi connectivity index (χ0v) is 17.9. The molecule has 1 aliphatic carbocycles. The molecule has 2 aliphatic rings. The lowest BCUT2D eigenvalue weighted by Gasteiger charge is -2.34. The van der Waals surface area contributed by atoms with E-state index in [1.807, 2.05) is 42.3 Å². The molecule has 1 amide bonds. The molecule has 1 aliphatic heterocycles. The summed E-state index contributed by atoms with van der Waals surface area (Å²) in [6.45, 7) is 0.913. The van der Waals surface area contributed by atoms with Crippen LogP contribution in [0.5, 0.6) is 0 Å². The van der Waals surface area contributed by atoms with Gasteiger partial charge >= 0.3 is 6.09 Å². The van der Waals surface area contributed by atoms with E-state index in [1.54, 1.807) is 4.68 Å². The minimum Gasteiger partial charge on any atom is -0.445 e. The second-order valence-electron chi connectivity index (χ2n) is 8.60. The summed E-state index contributed by atoms with van der Waals surface area (Å²) in [7, 11) is 1.86. The van der Waals surface area contributed by atoms with Crippen LogP contribution in [-0.4, -0.2) is 32.3 Å². The maximum Gasteiger partial charge on any atom is 0.410 e. The third-order valence-electron chi connectivity index (χ3n) is 6.61. The number of piperidine rings is 1. The van der Waals surface area contributed by atoms with Gasteiger partial charge in [0.05, 0.1) is 11.7 Å². The van der Waals surface area contributed by atoms with Crippen LogP contribution in [0.3, 0.4) is 0 Å². The van der Waals surface area contributed by atoms with Gasteiger partial charge < -0.3 is 9.72 Å². The molecule has 2 aromatic heterocycles. The Morgan fingerprint density at radius 2 is 1.90 bits per heavy atom. The van der Waals surface area contributed by atoms with Gasteiger partial charge in [-0.05, 0) is 56.1 Å². The average molecular weight is 421 g/mol. The van der Waals surface area contributed by atoms with Gasteiger partial charge in [0, 0.05) is 24.5 Å². The molecular weight excluding hydrogens is 392 g/mol. The number of pyridine rings is 1. The molecule has 1 N–H and O–H groups in total. The lowest BCUT2D eigenvalue weighted by atomic mass is 9.88. The highest BCUT2D eigenvalue weighted by molar-refractivity contribution is 5.84. The van der Waals surface area contributed by atoms with Crippen molar-refractivity contribution >= 4 is 17.1 Å². The van der Waals surface area contributed by atoms with Crippen LogP contribution in [0.1, 0.15) is 60.5 Å². The Kier molecular flexibility index (Phi) is 5.26. The first-order valence-corrected chi connectivity index (χ1v) is 11.2. The lowest BCUT2D eigenvalue weighted by Crippen LogP contribution is -2.39. The van der Waals surface area contributed by atoms with Gasteiger partial charge in [0.2, 0.25) is 0 Å². The van der Waals surface area contributed by atoms with Crippen LogP contribution in [0.2, 0.25) is 0 Å². The Morgan fingerprint density at radius 1 is 1.13 bits per heavy atom. The van der Waals surface area contributed by atoms with Gasteiger partial charge in [-0.25, -0.2) is 4.79 Å². The second-order valence-corrected chi connectivity index (χ2v) is 8.60. The van der Waals surface area contributed by atoms with Gasteiger partial charge in [0.1, 0.15) is 12.3 Å². The third kappa shape index (κ3) is 3.62. The molecule has 1 atom stereocenters. The third-order valence-corrected chi connectivity index (χ3v) is 6.61. The number of nitrogens with zero attached hydrogens (tertiary/aromatic N) is 3. The summed E-state index contributed by atoms with van der Waals surface area (Å²) in [5.74, 6) is 0. The Hall–Kier alpha value is -3.09. The molecule has 0 radical (unpaired) electrons. The van der Waals surface area contributed by atoms with E-state index in [9.17, 15) is 9.59 Å². The first kappa shape index (κ1) is 19.8. The summed E-state index contributed by atoms with van der Waals surface area (Å²) in [4.78, 5) is 30.6. The molecule has 5 rings (SSSR count). The number of aryl methyl sites for hydroxylation is 2. The minimum atomic E-state index is -0.300. The normalized spacial score (nSPS) is 18.7. The number of hydrogen-bond acceptors (Lipinski definition) is 4. The molecule has 3 aromatic rings. The fourth-order valence-electron chi connectivity index (χ4n) is 5.07. The van der Waals surface area contributed by atoms with Crippen molar-refractivity contribution in [3.8, 4) is 0 Å². The Morgan fingerprint density at radius 3 is 2.71 bits per heavy atom.